The van der Waals surface area contributed by atoms with Crippen LogP contribution in [0.15, 0.2) is 174 Å². The molecule has 0 spiro atoms. The minimum atomic E-state index is 0.630. The van der Waals surface area contributed by atoms with Gasteiger partial charge in [-0.25, -0.2) is 15.0 Å². The van der Waals surface area contributed by atoms with Crippen LogP contribution in [0.5, 0.6) is 0 Å². The Bertz CT molecular complexity index is 2800. The summed E-state index contributed by atoms with van der Waals surface area (Å²) in [7, 11) is 0. The summed E-state index contributed by atoms with van der Waals surface area (Å²) >= 11 is 0. The number of hydrogen-bond donors (Lipinski definition) is 0. The van der Waals surface area contributed by atoms with E-state index in [1.54, 1.807) is 0 Å². The number of para-hydroxylation sites is 2. The van der Waals surface area contributed by atoms with Crippen molar-refractivity contribution >= 4 is 43.7 Å². The predicted octanol–water partition coefficient (Wildman–Crippen LogP) is 11.5. The Balaban J connectivity index is 1.17. The highest BCUT2D eigenvalue weighted by Crippen LogP contribution is 2.40. The van der Waals surface area contributed by atoms with E-state index in [2.05, 4.69) is 108 Å². The molecular weight excluding hydrogens is 613 g/mol. The summed E-state index contributed by atoms with van der Waals surface area (Å²) in [6, 6.07) is 58.5. The van der Waals surface area contributed by atoms with Crippen LogP contribution >= 0.6 is 0 Å². The van der Waals surface area contributed by atoms with Crippen molar-refractivity contribution in [1.29, 1.82) is 0 Å². The Morgan fingerprint density at radius 3 is 1.62 bits per heavy atom. The lowest BCUT2D eigenvalue weighted by Crippen LogP contribution is -2.00. The van der Waals surface area contributed by atoms with Crippen LogP contribution in [0.2, 0.25) is 0 Å². The Morgan fingerprint density at radius 2 is 0.920 bits per heavy atom. The van der Waals surface area contributed by atoms with Crippen molar-refractivity contribution in [3.63, 3.8) is 0 Å². The minimum absolute atomic E-state index is 0.630. The summed E-state index contributed by atoms with van der Waals surface area (Å²) < 4.78 is 9.04. The molecule has 0 fully saturated rings. The van der Waals surface area contributed by atoms with E-state index in [-0.39, 0.29) is 0 Å². The number of rotatable bonds is 5. The zero-order valence-corrected chi connectivity index (χ0v) is 26.9. The summed E-state index contributed by atoms with van der Waals surface area (Å²) in [5.41, 5.74) is 10.0. The Labute approximate surface area is 287 Å². The van der Waals surface area contributed by atoms with Crippen molar-refractivity contribution in [2.24, 2.45) is 0 Å². The van der Waals surface area contributed by atoms with Gasteiger partial charge in [-0.1, -0.05) is 127 Å². The van der Waals surface area contributed by atoms with Crippen molar-refractivity contribution in [2.75, 3.05) is 0 Å². The Kier molecular flexibility index (Phi) is 6.42. The highest BCUT2D eigenvalue weighted by molar-refractivity contribution is 6.13. The molecule has 10 rings (SSSR count). The maximum absolute atomic E-state index is 6.72. The predicted molar refractivity (Wildman–Crippen MR) is 203 cm³/mol. The summed E-state index contributed by atoms with van der Waals surface area (Å²) in [4.78, 5) is 14.9. The molecule has 0 unspecified atom stereocenters. The third kappa shape index (κ3) is 4.60. The van der Waals surface area contributed by atoms with Gasteiger partial charge in [-0.05, 0) is 53.6 Å². The molecule has 3 heterocycles. The number of furan rings is 1. The van der Waals surface area contributed by atoms with Gasteiger partial charge in [-0.15, -0.1) is 0 Å². The average molecular weight is 641 g/mol. The number of hydrogen-bond acceptors (Lipinski definition) is 4. The van der Waals surface area contributed by atoms with Crippen molar-refractivity contribution in [2.45, 2.75) is 0 Å². The van der Waals surface area contributed by atoms with E-state index in [4.69, 9.17) is 19.4 Å². The minimum Gasteiger partial charge on any atom is -0.454 e. The fourth-order valence-corrected chi connectivity index (χ4v) is 7.08. The molecule has 0 saturated heterocycles. The second-order valence-electron chi connectivity index (χ2n) is 12.5. The van der Waals surface area contributed by atoms with E-state index >= 15 is 0 Å². The van der Waals surface area contributed by atoms with E-state index in [1.807, 2.05) is 66.7 Å². The van der Waals surface area contributed by atoms with Crippen LogP contribution in [-0.2, 0) is 0 Å². The van der Waals surface area contributed by atoms with Crippen LogP contribution in [0, 0.1) is 0 Å². The SMILES string of the molecule is c1ccc(-c2ccc3c(c2)oc2c(-n4c5ccccc5c5cc(-c6nc(-c7ccccc7)nc(-c7ccccc7)n6)ccc54)cccc23)cc1. The molecule has 0 aliphatic heterocycles. The van der Waals surface area contributed by atoms with Crippen LogP contribution in [0.4, 0.5) is 0 Å². The average Bonchev–Trinajstić information content (AvgIpc) is 3.74. The van der Waals surface area contributed by atoms with Crippen LogP contribution in [0.25, 0.3) is 94.7 Å². The third-order valence-electron chi connectivity index (χ3n) is 9.46. The number of benzene rings is 7. The molecular formula is C45H28N4O. The van der Waals surface area contributed by atoms with Crippen molar-refractivity contribution in [3.8, 4) is 51.0 Å². The Hall–Kier alpha value is -6.85. The second kappa shape index (κ2) is 11.4. The zero-order chi connectivity index (χ0) is 33.0. The van der Waals surface area contributed by atoms with Gasteiger partial charge in [0.25, 0.3) is 0 Å². The molecule has 234 valence electrons. The smallest absolute Gasteiger partial charge is 0.164 e. The van der Waals surface area contributed by atoms with E-state index in [1.165, 1.54) is 5.56 Å². The van der Waals surface area contributed by atoms with Gasteiger partial charge in [0, 0.05) is 38.2 Å². The first-order chi connectivity index (χ1) is 24.8. The van der Waals surface area contributed by atoms with Gasteiger partial charge in [0.2, 0.25) is 0 Å². The molecule has 0 atom stereocenters. The van der Waals surface area contributed by atoms with Gasteiger partial charge in [-0.3, -0.25) is 0 Å². The molecule has 0 saturated carbocycles. The first-order valence-electron chi connectivity index (χ1n) is 16.7. The van der Waals surface area contributed by atoms with Crippen LogP contribution in [-0.4, -0.2) is 19.5 Å². The van der Waals surface area contributed by atoms with E-state index in [9.17, 15) is 0 Å². The highest BCUT2D eigenvalue weighted by Gasteiger charge is 2.19. The number of nitrogens with zero attached hydrogens (tertiary/aromatic N) is 4. The van der Waals surface area contributed by atoms with Crippen LogP contribution in [0.3, 0.4) is 0 Å². The largest absolute Gasteiger partial charge is 0.454 e. The lowest BCUT2D eigenvalue weighted by molar-refractivity contribution is 0.666. The lowest BCUT2D eigenvalue weighted by Gasteiger charge is -2.10. The first-order valence-corrected chi connectivity index (χ1v) is 16.7. The lowest BCUT2D eigenvalue weighted by atomic mass is 10.0. The van der Waals surface area contributed by atoms with Gasteiger partial charge in [0.15, 0.2) is 23.1 Å². The molecule has 7 aromatic carbocycles. The van der Waals surface area contributed by atoms with E-state index in [0.29, 0.717) is 17.5 Å². The summed E-state index contributed by atoms with van der Waals surface area (Å²) in [6.45, 7) is 0. The number of aromatic nitrogens is 4. The monoisotopic (exact) mass is 640 g/mol. The molecule has 5 nitrogen and oxygen atoms in total. The van der Waals surface area contributed by atoms with Gasteiger partial charge < -0.3 is 8.98 Å². The van der Waals surface area contributed by atoms with Crippen LogP contribution in [0.1, 0.15) is 0 Å². The molecule has 0 bridgehead atoms. The normalized spacial score (nSPS) is 11.6. The molecule has 3 aromatic heterocycles. The summed E-state index contributed by atoms with van der Waals surface area (Å²) in [5, 5.41) is 4.44. The van der Waals surface area contributed by atoms with Crippen molar-refractivity contribution < 1.29 is 4.42 Å². The van der Waals surface area contributed by atoms with E-state index in [0.717, 1.165) is 71.7 Å². The standard InChI is InChI=1S/C45H28N4O/c1-4-13-29(14-5-1)32-23-25-35-36-20-12-22-40(42(36)50-41(35)28-32)49-38-21-11-10-19-34(38)37-27-33(24-26-39(37)49)45-47-43(30-15-6-2-7-16-30)46-44(48-45)31-17-8-3-9-18-31/h1-28H. The molecule has 0 aliphatic rings. The topological polar surface area (TPSA) is 56.7 Å². The second-order valence-corrected chi connectivity index (χ2v) is 12.5. The summed E-state index contributed by atoms with van der Waals surface area (Å²) in [5.74, 6) is 1.91. The van der Waals surface area contributed by atoms with Gasteiger partial charge in [-0.2, -0.15) is 0 Å². The molecule has 50 heavy (non-hydrogen) atoms. The molecule has 0 amide bonds. The van der Waals surface area contributed by atoms with Gasteiger partial charge >= 0.3 is 0 Å². The fourth-order valence-electron chi connectivity index (χ4n) is 7.08. The summed E-state index contributed by atoms with van der Waals surface area (Å²) in [6.07, 6.45) is 0. The van der Waals surface area contributed by atoms with E-state index < -0.39 is 0 Å². The van der Waals surface area contributed by atoms with Crippen molar-refractivity contribution in [1.82, 2.24) is 19.5 Å². The third-order valence-corrected chi connectivity index (χ3v) is 9.46. The molecule has 0 radical (unpaired) electrons. The maximum Gasteiger partial charge on any atom is 0.164 e. The molecule has 0 N–H and O–H groups in total. The fraction of sp³-hybridized carbons (Fsp3) is 0. The van der Waals surface area contributed by atoms with Crippen molar-refractivity contribution in [3.05, 3.63) is 170 Å². The molecule has 0 aliphatic carbocycles. The quantitative estimate of drug-likeness (QED) is 0.188. The van der Waals surface area contributed by atoms with Gasteiger partial charge in [0.1, 0.15) is 5.58 Å². The first kappa shape index (κ1) is 28.2. The Morgan fingerprint density at radius 1 is 0.360 bits per heavy atom. The van der Waals surface area contributed by atoms with Crippen LogP contribution < -0.4 is 0 Å². The maximum atomic E-state index is 6.72. The zero-order valence-electron chi connectivity index (χ0n) is 26.9. The number of fused-ring (bicyclic) bond motifs is 6. The molecule has 5 heteroatoms. The van der Waals surface area contributed by atoms with Gasteiger partial charge in [0.05, 0.1) is 16.7 Å². The molecule has 10 aromatic rings. The highest BCUT2D eigenvalue weighted by atomic mass is 16.3.